The second-order valence-corrected chi connectivity index (χ2v) is 5.09. The first-order valence-electron chi connectivity index (χ1n) is 5.84. The van der Waals surface area contributed by atoms with Gasteiger partial charge in [0.05, 0.1) is 5.92 Å². The highest BCUT2D eigenvalue weighted by Crippen LogP contribution is 2.45. The van der Waals surface area contributed by atoms with Crippen molar-refractivity contribution in [3.05, 3.63) is 24.3 Å². The van der Waals surface area contributed by atoms with Gasteiger partial charge in [0.2, 0.25) is 0 Å². The van der Waals surface area contributed by atoms with E-state index < -0.39 is 5.97 Å². The molecule has 3 rings (SSSR count). The molecule has 0 unspecified atom stereocenters. The third kappa shape index (κ3) is 1.40. The molecule has 4 nitrogen and oxygen atoms in total. The third-order valence-corrected chi connectivity index (χ3v) is 4.05. The van der Waals surface area contributed by atoms with Gasteiger partial charge in [0, 0.05) is 24.4 Å². The average molecular weight is 220 g/mol. The van der Waals surface area contributed by atoms with Crippen LogP contribution in [0.25, 0.3) is 0 Å². The zero-order valence-electron chi connectivity index (χ0n) is 9.15. The van der Waals surface area contributed by atoms with E-state index in [1.165, 1.54) is 5.82 Å². The number of aliphatic carboxylic acids is 1. The van der Waals surface area contributed by atoms with Gasteiger partial charge in [-0.15, -0.1) is 0 Å². The molecule has 2 heterocycles. The van der Waals surface area contributed by atoms with Crippen molar-refractivity contribution in [2.24, 2.45) is 11.3 Å². The van der Waals surface area contributed by atoms with Gasteiger partial charge < -0.3 is 15.3 Å². The van der Waals surface area contributed by atoms with Gasteiger partial charge in [0.15, 0.2) is 0 Å². The fraction of sp³-hybridized carbons (Fsp3) is 0.583. The van der Waals surface area contributed by atoms with Crippen molar-refractivity contribution in [2.75, 3.05) is 6.54 Å². The molecule has 1 fully saturated rings. The van der Waals surface area contributed by atoms with E-state index in [1.807, 2.05) is 6.20 Å². The van der Waals surface area contributed by atoms with Crippen LogP contribution >= 0.6 is 0 Å². The molecule has 16 heavy (non-hydrogen) atoms. The first kappa shape index (κ1) is 9.75. The molecule has 0 aromatic rings. The Kier molecular flexibility index (Phi) is 1.99. The summed E-state index contributed by atoms with van der Waals surface area (Å²) in [7, 11) is 0. The molecule has 3 aliphatic rings. The predicted octanol–water partition coefficient (Wildman–Crippen LogP) is 1.48. The summed E-state index contributed by atoms with van der Waals surface area (Å²) in [5.41, 5.74) is 0.221. The largest absolute Gasteiger partial charge is 0.481 e. The van der Waals surface area contributed by atoms with Gasteiger partial charge in [0.25, 0.3) is 0 Å². The van der Waals surface area contributed by atoms with Gasteiger partial charge in [-0.1, -0.05) is 0 Å². The Morgan fingerprint density at radius 2 is 2.25 bits per heavy atom. The maximum atomic E-state index is 10.9. The van der Waals surface area contributed by atoms with Gasteiger partial charge in [-0.25, -0.2) is 0 Å². The summed E-state index contributed by atoms with van der Waals surface area (Å²) in [5, 5.41) is 12.2. The van der Waals surface area contributed by atoms with E-state index in [9.17, 15) is 4.79 Å². The van der Waals surface area contributed by atoms with Crippen LogP contribution in [0, 0.1) is 11.3 Å². The van der Waals surface area contributed by atoms with Gasteiger partial charge in [-0.05, 0) is 31.8 Å². The van der Waals surface area contributed by atoms with Crippen LogP contribution in [-0.2, 0) is 4.79 Å². The number of carboxylic acids is 1. The third-order valence-electron chi connectivity index (χ3n) is 4.05. The van der Waals surface area contributed by atoms with E-state index in [4.69, 9.17) is 5.11 Å². The summed E-state index contributed by atoms with van der Waals surface area (Å²) >= 11 is 0. The Bertz CT molecular complexity index is 378. The Morgan fingerprint density at radius 1 is 1.50 bits per heavy atom. The first-order chi connectivity index (χ1) is 7.69. The molecule has 1 aliphatic carbocycles. The lowest BCUT2D eigenvalue weighted by Crippen LogP contribution is -2.32. The zero-order valence-corrected chi connectivity index (χ0v) is 9.15. The highest BCUT2D eigenvalue weighted by Gasteiger charge is 2.42. The monoisotopic (exact) mass is 220 g/mol. The molecule has 2 N–H and O–H groups in total. The fourth-order valence-electron chi connectivity index (χ4n) is 3.06. The smallest absolute Gasteiger partial charge is 0.306 e. The minimum Gasteiger partial charge on any atom is -0.481 e. The quantitative estimate of drug-likeness (QED) is 0.702. The molecule has 0 radical (unpaired) electrons. The molecule has 0 aromatic heterocycles. The maximum absolute atomic E-state index is 10.9. The van der Waals surface area contributed by atoms with Crippen LogP contribution < -0.4 is 5.32 Å². The number of hydrogen-bond donors (Lipinski definition) is 2. The van der Waals surface area contributed by atoms with E-state index in [1.54, 1.807) is 0 Å². The van der Waals surface area contributed by atoms with Gasteiger partial charge in [-0.3, -0.25) is 4.79 Å². The highest BCUT2D eigenvalue weighted by atomic mass is 16.4. The van der Waals surface area contributed by atoms with Crippen LogP contribution in [0.3, 0.4) is 0 Å². The molecule has 0 bridgehead atoms. The van der Waals surface area contributed by atoms with Gasteiger partial charge >= 0.3 is 5.97 Å². The first-order valence-corrected chi connectivity index (χ1v) is 5.84. The van der Waals surface area contributed by atoms with Gasteiger partial charge in [0.1, 0.15) is 5.82 Å². The number of hydrogen-bond acceptors (Lipinski definition) is 3. The van der Waals surface area contributed by atoms with E-state index >= 15 is 0 Å². The van der Waals surface area contributed by atoms with Crippen molar-refractivity contribution >= 4 is 5.97 Å². The summed E-state index contributed by atoms with van der Waals surface area (Å²) in [6.07, 6.45) is 9.93. The molecule has 0 atom stereocenters. The van der Waals surface area contributed by atoms with Gasteiger partial charge in [-0.2, -0.15) is 0 Å². The Labute approximate surface area is 94.6 Å². The lowest BCUT2D eigenvalue weighted by molar-refractivity contribution is -0.143. The molecule has 86 valence electrons. The number of rotatable bonds is 1. The van der Waals surface area contributed by atoms with Crippen molar-refractivity contribution < 1.29 is 9.90 Å². The second kappa shape index (κ2) is 3.27. The predicted molar refractivity (Wildman–Crippen MR) is 59.1 cm³/mol. The Hall–Kier alpha value is -1.45. The van der Waals surface area contributed by atoms with Crippen molar-refractivity contribution in [1.29, 1.82) is 0 Å². The lowest BCUT2D eigenvalue weighted by atomic mass is 9.71. The summed E-state index contributed by atoms with van der Waals surface area (Å²) in [4.78, 5) is 13.1. The molecule has 4 heteroatoms. The van der Waals surface area contributed by atoms with Crippen LogP contribution in [0.5, 0.6) is 0 Å². The summed E-state index contributed by atoms with van der Waals surface area (Å²) < 4.78 is 0. The molecule has 0 amide bonds. The molecule has 1 saturated carbocycles. The Balaban J connectivity index is 1.70. The maximum Gasteiger partial charge on any atom is 0.306 e. The van der Waals surface area contributed by atoms with Crippen LogP contribution in [0.15, 0.2) is 24.3 Å². The minimum atomic E-state index is -0.626. The molecular weight excluding hydrogens is 204 g/mol. The molecular formula is C12H16N2O2. The lowest BCUT2D eigenvalue weighted by Gasteiger charge is -2.34. The standard InChI is InChI=1S/C12H16N2O2/c15-11(16)9-1-3-12(4-2-9)7-10-13-5-6-14(10)8-12/h5-7,9,13H,1-4,8H2,(H,15,16). The van der Waals surface area contributed by atoms with Crippen molar-refractivity contribution in [3.8, 4) is 0 Å². The zero-order chi connectivity index (χ0) is 11.2. The normalized spacial score (nSPS) is 36.1. The van der Waals surface area contributed by atoms with Crippen LogP contribution in [0.2, 0.25) is 0 Å². The molecule has 1 spiro atoms. The fourth-order valence-corrected chi connectivity index (χ4v) is 3.06. The molecule has 2 aliphatic heterocycles. The summed E-state index contributed by atoms with van der Waals surface area (Å²) in [6.45, 7) is 1.01. The highest BCUT2D eigenvalue weighted by molar-refractivity contribution is 5.70. The number of fused-ring (bicyclic) bond motifs is 1. The number of nitrogens with one attached hydrogen (secondary N) is 1. The van der Waals surface area contributed by atoms with E-state index in [0.717, 1.165) is 32.2 Å². The van der Waals surface area contributed by atoms with E-state index in [0.29, 0.717) is 0 Å². The number of carbonyl (C=O) groups is 1. The van der Waals surface area contributed by atoms with Crippen molar-refractivity contribution in [3.63, 3.8) is 0 Å². The van der Waals surface area contributed by atoms with Crippen LogP contribution in [0.4, 0.5) is 0 Å². The minimum absolute atomic E-state index is 0.122. The topological polar surface area (TPSA) is 52.6 Å². The Morgan fingerprint density at radius 3 is 2.88 bits per heavy atom. The SMILES string of the molecule is O=C(O)C1CCC2(C=C3NC=CN3C2)CC1. The summed E-state index contributed by atoms with van der Waals surface area (Å²) in [6, 6.07) is 0. The molecule has 0 aromatic carbocycles. The average Bonchev–Trinajstić information content (AvgIpc) is 2.77. The van der Waals surface area contributed by atoms with Crippen LogP contribution in [0.1, 0.15) is 25.7 Å². The molecule has 0 saturated heterocycles. The van der Waals surface area contributed by atoms with Crippen molar-refractivity contribution in [2.45, 2.75) is 25.7 Å². The number of carboxylic acid groups (broad SMARTS) is 1. The van der Waals surface area contributed by atoms with E-state index in [2.05, 4.69) is 22.5 Å². The summed E-state index contributed by atoms with van der Waals surface area (Å²) in [5.74, 6) is 0.427. The number of nitrogens with zero attached hydrogens (tertiary/aromatic N) is 1. The second-order valence-electron chi connectivity index (χ2n) is 5.09. The van der Waals surface area contributed by atoms with E-state index in [-0.39, 0.29) is 11.3 Å². The van der Waals surface area contributed by atoms with Crippen LogP contribution in [-0.4, -0.2) is 22.5 Å². The van der Waals surface area contributed by atoms with Crippen molar-refractivity contribution in [1.82, 2.24) is 10.2 Å².